The molecule has 1 unspecified atom stereocenters. The molecule has 0 aliphatic heterocycles. The number of likely N-dealkylation sites (N-methyl/N-ethyl adjacent to an activating group) is 1. The van der Waals surface area contributed by atoms with E-state index in [9.17, 15) is 9.59 Å². The van der Waals surface area contributed by atoms with E-state index in [1.165, 1.54) is 0 Å². The zero-order chi connectivity index (χ0) is 19.4. The van der Waals surface area contributed by atoms with Gasteiger partial charge in [0.05, 0.1) is 19.7 Å². The molecule has 0 heterocycles. The summed E-state index contributed by atoms with van der Waals surface area (Å²) in [6.07, 6.45) is 3.85. The Morgan fingerprint density at radius 1 is 1.26 bits per heavy atom. The first-order chi connectivity index (χ1) is 13.0. The lowest BCUT2D eigenvalue weighted by atomic mass is 9.85. The minimum absolute atomic E-state index is 0.0194. The third-order valence-electron chi connectivity index (χ3n) is 5.56. The Balaban J connectivity index is 1.49. The molecule has 0 radical (unpaired) electrons. The number of hydrogen-bond acceptors (Lipinski definition) is 4. The predicted molar refractivity (Wildman–Crippen MR) is 102 cm³/mol. The van der Waals surface area contributed by atoms with E-state index in [1.807, 2.05) is 36.1 Å². The number of hydrogen-bond donors (Lipinski definition) is 3. The van der Waals surface area contributed by atoms with Gasteiger partial charge in [0.25, 0.3) is 0 Å². The minimum Gasteiger partial charge on any atom is -0.497 e. The highest BCUT2D eigenvalue weighted by Gasteiger charge is 2.37. The molecule has 2 saturated carbocycles. The summed E-state index contributed by atoms with van der Waals surface area (Å²) < 4.78 is 5.20. The number of ether oxygens (including phenoxy) is 1. The van der Waals surface area contributed by atoms with Crippen LogP contribution in [0.5, 0.6) is 5.75 Å². The van der Waals surface area contributed by atoms with E-state index in [-0.39, 0.29) is 30.7 Å². The third kappa shape index (κ3) is 5.13. The molecule has 1 aromatic carbocycles. The topological polar surface area (TPSA) is 90.9 Å². The molecule has 0 spiro atoms. The van der Waals surface area contributed by atoms with Crippen LogP contribution in [0.4, 0.5) is 4.79 Å². The maximum Gasteiger partial charge on any atom is 0.317 e. The molecule has 7 heteroatoms. The van der Waals surface area contributed by atoms with Crippen LogP contribution in [-0.2, 0) is 4.79 Å². The summed E-state index contributed by atoms with van der Waals surface area (Å²) in [6, 6.07) is 8.06. The van der Waals surface area contributed by atoms with Gasteiger partial charge < -0.3 is 20.5 Å². The number of carbonyl (C=O) groups is 2. The highest BCUT2D eigenvalue weighted by Crippen LogP contribution is 2.41. The molecule has 3 N–H and O–H groups in total. The first-order valence-electron chi connectivity index (χ1n) is 9.67. The molecule has 1 atom stereocenters. The van der Waals surface area contributed by atoms with Gasteiger partial charge in [0.1, 0.15) is 5.75 Å². The lowest BCUT2D eigenvalue weighted by Gasteiger charge is -2.42. The average molecular weight is 375 g/mol. The van der Waals surface area contributed by atoms with E-state index in [1.54, 1.807) is 7.11 Å². The molecule has 27 heavy (non-hydrogen) atoms. The molecule has 148 valence electrons. The zero-order valence-electron chi connectivity index (χ0n) is 16.0. The molecular weight excluding hydrogens is 346 g/mol. The third-order valence-corrected chi connectivity index (χ3v) is 5.56. The van der Waals surface area contributed by atoms with Gasteiger partial charge in [0.2, 0.25) is 0 Å². The molecule has 2 aliphatic carbocycles. The standard InChI is InChI=1S/C20H29N3O4/c1-3-23(12-18(24)25)16-10-15(11-16)21-20(26)22-19(13-4-5-13)14-6-8-17(27-2)9-7-14/h6-9,13,15-16,19H,3-5,10-12H2,1-2H3,(H,24,25)(H2,21,22,26). The summed E-state index contributed by atoms with van der Waals surface area (Å²) in [7, 11) is 1.64. The summed E-state index contributed by atoms with van der Waals surface area (Å²) in [6.45, 7) is 2.73. The van der Waals surface area contributed by atoms with Gasteiger partial charge in [-0.05, 0) is 55.8 Å². The number of urea groups is 1. The van der Waals surface area contributed by atoms with Crippen molar-refractivity contribution in [3.05, 3.63) is 29.8 Å². The second kappa shape index (κ2) is 8.61. The van der Waals surface area contributed by atoms with E-state index in [0.29, 0.717) is 12.5 Å². The van der Waals surface area contributed by atoms with Crippen molar-refractivity contribution in [3.63, 3.8) is 0 Å². The summed E-state index contributed by atoms with van der Waals surface area (Å²) >= 11 is 0. The van der Waals surface area contributed by atoms with Crippen LogP contribution >= 0.6 is 0 Å². The van der Waals surface area contributed by atoms with Crippen molar-refractivity contribution in [2.24, 2.45) is 5.92 Å². The minimum atomic E-state index is -0.808. The number of methoxy groups -OCH3 is 1. The van der Waals surface area contributed by atoms with Gasteiger partial charge in [0, 0.05) is 12.1 Å². The highest BCUT2D eigenvalue weighted by molar-refractivity contribution is 5.75. The first kappa shape index (κ1) is 19.5. The lowest BCUT2D eigenvalue weighted by Crippen LogP contribution is -2.56. The van der Waals surface area contributed by atoms with Gasteiger partial charge in [-0.25, -0.2) is 4.79 Å². The van der Waals surface area contributed by atoms with Crippen molar-refractivity contribution in [1.82, 2.24) is 15.5 Å². The molecule has 3 rings (SSSR count). The molecule has 2 fully saturated rings. The van der Waals surface area contributed by atoms with Crippen LogP contribution in [0.15, 0.2) is 24.3 Å². The number of aliphatic carboxylic acids is 1. The number of nitrogens with one attached hydrogen (secondary N) is 2. The van der Waals surface area contributed by atoms with Crippen molar-refractivity contribution < 1.29 is 19.4 Å². The van der Waals surface area contributed by atoms with Gasteiger partial charge in [-0.15, -0.1) is 0 Å². The normalized spacial score (nSPS) is 22.6. The van der Waals surface area contributed by atoms with Crippen molar-refractivity contribution >= 4 is 12.0 Å². The van der Waals surface area contributed by atoms with Gasteiger partial charge in [-0.2, -0.15) is 0 Å². The summed E-state index contributed by atoms with van der Waals surface area (Å²) in [5.41, 5.74) is 1.10. The zero-order valence-corrected chi connectivity index (χ0v) is 16.0. The number of carboxylic acids is 1. The van der Waals surface area contributed by atoms with Crippen molar-refractivity contribution in [3.8, 4) is 5.75 Å². The molecular formula is C20H29N3O4. The predicted octanol–water partition coefficient (Wildman–Crippen LogP) is 2.38. The van der Waals surface area contributed by atoms with Crippen molar-refractivity contribution in [2.45, 2.75) is 50.7 Å². The fraction of sp³-hybridized carbons (Fsp3) is 0.600. The molecule has 7 nitrogen and oxygen atoms in total. The van der Waals surface area contributed by atoms with Gasteiger partial charge >= 0.3 is 12.0 Å². The first-order valence-corrected chi connectivity index (χ1v) is 9.67. The second-order valence-electron chi connectivity index (χ2n) is 7.49. The van der Waals surface area contributed by atoms with Gasteiger partial charge in [0.15, 0.2) is 0 Å². The number of amides is 2. The van der Waals surface area contributed by atoms with E-state index in [0.717, 1.165) is 37.0 Å². The number of carbonyl (C=O) groups excluding carboxylic acids is 1. The van der Waals surface area contributed by atoms with E-state index in [4.69, 9.17) is 9.84 Å². The Kier molecular flexibility index (Phi) is 6.21. The second-order valence-corrected chi connectivity index (χ2v) is 7.49. The number of benzene rings is 1. The number of nitrogens with zero attached hydrogens (tertiary/aromatic N) is 1. The summed E-state index contributed by atoms with van der Waals surface area (Å²) in [4.78, 5) is 25.3. The Labute approximate surface area is 160 Å². The molecule has 0 saturated heterocycles. The Hall–Kier alpha value is -2.28. The van der Waals surface area contributed by atoms with E-state index < -0.39 is 5.97 Å². The van der Waals surface area contributed by atoms with Crippen LogP contribution in [0.2, 0.25) is 0 Å². The SMILES string of the molecule is CCN(CC(=O)O)C1CC(NC(=O)NC(c2ccc(OC)cc2)C2CC2)C1. The van der Waals surface area contributed by atoms with Crippen LogP contribution in [0.25, 0.3) is 0 Å². The number of rotatable bonds is 9. The highest BCUT2D eigenvalue weighted by atomic mass is 16.5. The van der Waals surface area contributed by atoms with Crippen LogP contribution in [-0.4, -0.2) is 54.3 Å². The summed E-state index contributed by atoms with van der Waals surface area (Å²) in [5, 5.41) is 15.1. The molecule has 2 amide bonds. The monoisotopic (exact) mass is 375 g/mol. The molecule has 1 aromatic rings. The van der Waals surface area contributed by atoms with E-state index in [2.05, 4.69) is 10.6 Å². The largest absolute Gasteiger partial charge is 0.497 e. The fourth-order valence-corrected chi connectivity index (χ4v) is 3.76. The van der Waals surface area contributed by atoms with Crippen LogP contribution < -0.4 is 15.4 Å². The van der Waals surface area contributed by atoms with Crippen LogP contribution in [0.1, 0.15) is 44.2 Å². The van der Waals surface area contributed by atoms with Gasteiger partial charge in [-0.1, -0.05) is 19.1 Å². The summed E-state index contributed by atoms with van der Waals surface area (Å²) in [5.74, 6) is 0.488. The molecule has 0 aromatic heterocycles. The average Bonchev–Trinajstić information content (AvgIpc) is 3.45. The van der Waals surface area contributed by atoms with Crippen LogP contribution in [0.3, 0.4) is 0 Å². The van der Waals surface area contributed by atoms with Gasteiger partial charge in [-0.3, -0.25) is 9.69 Å². The molecule has 0 bridgehead atoms. The number of carboxylic acid groups (broad SMARTS) is 1. The fourth-order valence-electron chi connectivity index (χ4n) is 3.76. The quantitative estimate of drug-likeness (QED) is 0.616. The van der Waals surface area contributed by atoms with Crippen molar-refractivity contribution in [2.75, 3.05) is 20.2 Å². The Morgan fingerprint density at radius 2 is 1.93 bits per heavy atom. The van der Waals surface area contributed by atoms with Crippen LogP contribution in [0, 0.1) is 5.92 Å². The van der Waals surface area contributed by atoms with Crippen molar-refractivity contribution in [1.29, 1.82) is 0 Å². The Morgan fingerprint density at radius 3 is 2.44 bits per heavy atom. The smallest absolute Gasteiger partial charge is 0.317 e. The Bertz CT molecular complexity index is 654. The molecule has 2 aliphatic rings. The lowest BCUT2D eigenvalue weighted by molar-refractivity contribution is -0.139. The van der Waals surface area contributed by atoms with E-state index >= 15 is 0 Å². The maximum absolute atomic E-state index is 12.5. The maximum atomic E-state index is 12.5.